The van der Waals surface area contributed by atoms with Crippen molar-refractivity contribution in [2.75, 3.05) is 14.1 Å². The van der Waals surface area contributed by atoms with Crippen molar-refractivity contribution in [1.29, 1.82) is 0 Å². The molecule has 2 amide bonds. The van der Waals surface area contributed by atoms with E-state index in [4.69, 9.17) is 5.73 Å². The van der Waals surface area contributed by atoms with Crippen molar-refractivity contribution in [3.8, 4) is 16.9 Å². The molecule has 0 heterocycles. The summed E-state index contributed by atoms with van der Waals surface area (Å²) >= 11 is 0. The van der Waals surface area contributed by atoms with Gasteiger partial charge in [-0.3, -0.25) is 24.1 Å². The summed E-state index contributed by atoms with van der Waals surface area (Å²) in [4.78, 5) is 52.5. The monoisotopic (exact) mass is 579 g/mol. The fourth-order valence-electron chi connectivity index (χ4n) is 6.61. The van der Waals surface area contributed by atoms with E-state index in [-0.39, 0.29) is 42.0 Å². The predicted octanol–water partition coefficient (Wildman–Crippen LogP) is 1.41. The van der Waals surface area contributed by atoms with Crippen LogP contribution in [0.3, 0.4) is 0 Å². The quantitative estimate of drug-likeness (QED) is 0.284. The van der Waals surface area contributed by atoms with Gasteiger partial charge in [0.15, 0.2) is 11.4 Å². The molecule has 0 bridgehead atoms. The van der Waals surface area contributed by atoms with E-state index >= 15 is 0 Å². The maximum absolute atomic E-state index is 14.1. The van der Waals surface area contributed by atoms with Gasteiger partial charge in [0.1, 0.15) is 28.7 Å². The van der Waals surface area contributed by atoms with Crippen LogP contribution >= 0.6 is 0 Å². The number of aliphatic hydroxyl groups excluding tert-OH is 2. The molecular weight excluding hydrogens is 549 g/mol. The van der Waals surface area contributed by atoms with Crippen LogP contribution in [0.15, 0.2) is 47.2 Å². The Bertz CT molecular complexity index is 1630. The second kappa shape index (κ2) is 10.1. The van der Waals surface area contributed by atoms with Gasteiger partial charge in [0, 0.05) is 30.5 Å². The molecule has 0 unspecified atom stereocenters. The van der Waals surface area contributed by atoms with E-state index in [0.29, 0.717) is 16.7 Å². The lowest BCUT2D eigenvalue weighted by atomic mass is 9.57. The number of Topliss-reactive ketones (excluding diaryl/α,β-unsaturated/α-hetero) is 2. The van der Waals surface area contributed by atoms with Crippen LogP contribution in [0, 0.1) is 17.7 Å². The largest absolute Gasteiger partial charge is 0.508 e. The average Bonchev–Trinajstić information content (AvgIpc) is 2.90. The highest BCUT2D eigenvalue weighted by molar-refractivity contribution is 6.24. The van der Waals surface area contributed by atoms with Gasteiger partial charge in [0.2, 0.25) is 11.7 Å². The second-order valence-electron chi connectivity index (χ2n) is 11.2. The number of primary amides is 1. The molecule has 1 saturated carbocycles. The number of ketones is 2. The number of nitrogens with zero attached hydrogens (tertiary/aromatic N) is 1. The van der Waals surface area contributed by atoms with Gasteiger partial charge in [0.05, 0.1) is 11.6 Å². The summed E-state index contributed by atoms with van der Waals surface area (Å²) in [7, 11) is 3.05. The van der Waals surface area contributed by atoms with E-state index in [0.717, 1.165) is 0 Å². The molecule has 3 aliphatic rings. The van der Waals surface area contributed by atoms with E-state index < -0.39 is 69.6 Å². The molecule has 7 N–H and O–H groups in total. The van der Waals surface area contributed by atoms with Gasteiger partial charge in [-0.25, -0.2) is 4.39 Å². The number of benzene rings is 2. The van der Waals surface area contributed by atoms with Crippen LogP contribution < -0.4 is 11.1 Å². The normalized spacial score (nSPS) is 25.2. The fourth-order valence-corrected chi connectivity index (χ4v) is 6.61. The zero-order valence-corrected chi connectivity index (χ0v) is 23.1. The number of rotatable bonds is 5. The third-order valence-electron chi connectivity index (χ3n) is 8.48. The summed E-state index contributed by atoms with van der Waals surface area (Å²) in [5.41, 5.74) is 2.97. The number of aromatic hydroxyl groups is 1. The number of carbonyl (C=O) groups is 4. The van der Waals surface area contributed by atoms with Crippen LogP contribution in [0.2, 0.25) is 0 Å². The third kappa shape index (κ3) is 4.17. The second-order valence-corrected chi connectivity index (χ2v) is 11.2. The Labute approximate surface area is 239 Å². The number of fused-ring (bicyclic) bond motifs is 3. The van der Waals surface area contributed by atoms with Crippen molar-refractivity contribution >= 4 is 29.1 Å². The Morgan fingerprint density at radius 1 is 1.14 bits per heavy atom. The lowest BCUT2D eigenvalue weighted by Gasteiger charge is -2.50. The third-order valence-corrected chi connectivity index (χ3v) is 8.48. The number of aliphatic hydroxyl groups is 3. The van der Waals surface area contributed by atoms with E-state index in [9.17, 15) is 44.0 Å². The van der Waals surface area contributed by atoms with Crippen molar-refractivity contribution in [3.05, 3.63) is 69.7 Å². The first kappa shape index (κ1) is 29.0. The minimum absolute atomic E-state index is 0.0647. The number of likely N-dealkylation sites (N-methyl/N-ethyl adjacent to an activating group) is 1. The molecule has 0 saturated heterocycles. The molecule has 4 atom stereocenters. The Balaban J connectivity index is 1.76. The number of hydrogen-bond donors (Lipinski definition) is 6. The molecule has 2 aromatic carbocycles. The minimum atomic E-state index is -2.76. The zero-order chi connectivity index (χ0) is 30.8. The van der Waals surface area contributed by atoms with Gasteiger partial charge in [0.25, 0.3) is 5.91 Å². The smallest absolute Gasteiger partial charge is 0.255 e. The zero-order valence-electron chi connectivity index (χ0n) is 23.1. The van der Waals surface area contributed by atoms with Gasteiger partial charge < -0.3 is 31.5 Å². The van der Waals surface area contributed by atoms with E-state index in [2.05, 4.69) is 5.32 Å². The maximum atomic E-state index is 14.1. The predicted molar refractivity (Wildman–Crippen MR) is 147 cm³/mol. The molecule has 220 valence electrons. The minimum Gasteiger partial charge on any atom is -0.508 e. The van der Waals surface area contributed by atoms with Crippen LogP contribution in [-0.2, 0) is 32.1 Å². The number of nitrogens with two attached hydrogens (primary N) is 1. The number of amides is 2. The molecule has 0 aromatic heterocycles. The van der Waals surface area contributed by atoms with Gasteiger partial charge in [-0.05, 0) is 67.7 Å². The summed E-state index contributed by atoms with van der Waals surface area (Å²) < 4.78 is 13.8. The molecular formula is C30H30FN3O8. The van der Waals surface area contributed by atoms with Crippen molar-refractivity contribution < 1.29 is 44.0 Å². The average molecular weight is 580 g/mol. The van der Waals surface area contributed by atoms with Crippen LogP contribution in [-0.4, -0.2) is 74.4 Å². The topological polar surface area (TPSA) is 190 Å². The fraction of sp³-hybridized carbons (Fsp3) is 0.333. The van der Waals surface area contributed by atoms with Crippen LogP contribution in [0.5, 0.6) is 5.75 Å². The molecule has 11 nitrogen and oxygen atoms in total. The highest BCUT2D eigenvalue weighted by atomic mass is 19.1. The summed E-state index contributed by atoms with van der Waals surface area (Å²) in [5.74, 6) is -8.38. The molecule has 2 aromatic rings. The Hall–Kier alpha value is -4.55. The molecule has 0 spiro atoms. The van der Waals surface area contributed by atoms with E-state index in [1.807, 2.05) is 0 Å². The summed E-state index contributed by atoms with van der Waals surface area (Å²) in [5, 5.41) is 48.2. The highest BCUT2D eigenvalue weighted by Crippen LogP contribution is 2.54. The van der Waals surface area contributed by atoms with Crippen molar-refractivity contribution in [3.63, 3.8) is 0 Å². The molecule has 0 aliphatic heterocycles. The van der Waals surface area contributed by atoms with Crippen molar-refractivity contribution in [2.45, 2.75) is 38.0 Å². The lowest BCUT2D eigenvalue weighted by Crippen LogP contribution is -2.65. The summed E-state index contributed by atoms with van der Waals surface area (Å²) in [6.45, 7) is 1.15. The summed E-state index contributed by atoms with van der Waals surface area (Å²) in [6.07, 6.45) is -0.00174. The van der Waals surface area contributed by atoms with Gasteiger partial charge in [-0.2, -0.15) is 0 Å². The number of hydrogen-bond acceptors (Lipinski definition) is 9. The number of phenolic OH excluding ortho intramolecular Hbond substituents is 1. The highest BCUT2D eigenvalue weighted by Gasteiger charge is 2.64. The molecule has 12 heteroatoms. The Kier molecular flexibility index (Phi) is 6.94. The van der Waals surface area contributed by atoms with Crippen LogP contribution in [0.1, 0.15) is 30.0 Å². The first-order chi connectivity index (χ1) is 19.7. The Morgan fingerprint density at radius 3 is 2.36 bits per heavy atom. The first-order valence-corrected chi connectivity index (χ1v) is 13.2. The van der Waals surface area contributed by atoms with Crippen molar-refractivity contribution in [1.82, 2.24) is 10.2 Å². The first-order valence-electron chi connectivity index (χ1n) is 13.2. The van der Waals surface area contributed by atoms with E-state index in [1.165, 1.54) is 50.2 Å². The van der Waals surface area contributed by atoms with Crippen LogP contribution in [0.25, 0.3) is 16.9 Å². The molecule has 1 fully saturated rings. The van der Waals surface area contributed by atoms with Gasteiger partial charge in [-0.1, -0.05) is 12.1 Å². The number of carbonyl (C=O) groups excluding carboxylic acids is 4. The number of nitrogens with one attached hydrogen (secondary N) is 1. The maximum Gasteiger partial charge on any atom is 0.255 e. The van der Waals surface area contributed by atoms with Gasteiger partial charge >= 0.3 is 0 Å². The van der Waals surface area contributed by atoms with Gasteiger partial charge in [-0.15, -0.1) is 0 Å². The standard InChI is InChI=1S/C30H30FN3O8/c1-12(35)33-11-15-9-17(13-4-6-16(31)7-5-13)18-8-14-10-19-23(34(2)3)26(38)22(29(32)41)28(40)30(19,42)27(39)20(14)25(37)21(18)24(15)36/h4-7,9,14,19,23,36-37,40,42H,8,10-11H2,1-3H3,(H2,32,41)(H,33,35)/t14-,19-,23-,30-/m1/s1. The SMILES string of the molecule is CC(=O)NCc1cc(-c2ccc(F)cc2)c2c(c1O)C(O)=C1C(=O)[C@@]3(O)C(O)=C(C(N)=O)C(=O)[C@H](N(C)C)[C@H]3C[C@H]1C2. The molecule has 0 radical (unpaired) electrons. The van der Waals surface area contributed by atoms with Crippen LogP contribution in [0.4, 0.5) is 4.39 Å². The lowest BCUT2D eigenvalue weighted by molar-refractivity contribution is -0.153. The summed E-state index contributed by atoms with van der Waals surface area (Å²) in [6, 6.07) is 5.93. The number of halogens is 1. The van der Waals surface area contributed by atoms with Crippen molar-refractivity contribution in [2.24, 2.45) is 17.6 Å². The molecule has 42 heavy (non-hydrogen) atoms. The Morgan fingerprint density at radius 2 is 1.79 bits per heavy atom. The molecule has 3 aliphatic carbocycles. The number of phenols is 1. The van der Waals surface area contributed by atoms with E-state index in [1.54, 1.807) is 6.07 Å². The molecule has 5 rings (SSSR count).